The number of esters is 1. The minimum absolute atomic E-state index is 0.185. The van der Waals surface area contributed by atoms with Gasteiger partial charge in [-0.25, -0.2) is 9.80 Å². The number of nitrogens with zero attached hydrogens (tertiary/aromatic N) is 4. The molecule has 1 amide bonds. The highest BCUT2D eigenvalue weighted by Crippen LogP contribution is 2.33. The highest BCUT2D eigenvalue weighted by atomic mass is 16.5. The van der Waals surface area contributed by atoms with E-state index < -0.39 is 30.3 Å². The molecule has 0 N–H and O–H groups in total. The molecule has 1 atom stereocenters. The van der Waals surface area contributed by atoms with Crippen molar-refractivity contribution >= 4 is 23.4 Å². The summed E-state index contributed by atoms with van der Waals surface area (Å²) in [6.07, 6.45) is 1.97. The number of hydrogen-bond acceptors (Lipinski definition) is 7. The van der Waals surface area contributed by atoms with Gasteiger partial charge in [0.05, 0.1) is 23.2 Å². The van der Waals surface area contributed by atoms with E-state index in [1.807, 2.05) is 31.2 Å². The molecule has 3 heterocycles. The maximum absolute atomic E-state index is 13.0. The van der Waals surface area contributed by atoms with Crippen LogP contribution < -0.4 is 0 Å². The molecule has 3 aromatic rings. The van der Waals surface area contributed by atoms with Gasteiger partial charge in [-0.3, -0.25) is 14.3 Å². The second kappa shape index (κ2) is 8.85. The van der Waals surface area contributed by atoms with Gasteiger partial charge in [-0.15, -0.1) is 0 Å². The fraction of sp³-hybridized carbons (Fsp3) is 0.292. The fourth-order valence-corrected chi connectivity index (χ4v) is 3.83. The van der Waals surface area contributed by atoms with E-state index in [1.165, 1.54) is 16.0 Å². The topological polar surface area (TPSA) is 107 Å². The summed E-state index contributed by atoms with van der Waals surface area (Å²) in [5.41, 5.74) is 3.88. The average Bonchev–Trinajstić information content (AvgIpc) is 3.52. The van der Waals surface area contributed by atoms with Gasteiger partial charge >= 0.3 is 5.97 Å². The van der Waals surface area contributed by atoms with Gasteiger partial charge in [0.15, 0.2) is 6.61 Å². The summed E-state index contributed by atoms with van der Waals surface area (Å²) in [6.45, 7) is 4.69. The Morgan fingerprint density at radius 1 is 1.12 bits per heavy atom. The number of furan rings is 1. The Kier molecular flexibility index (Phi) is 5.95. The van der Waals surface area contributed by atoms with Crippen molar-refractivity contribution in [2.75, 3.05) is 6.61 Å². The zero-order valence-electron chi connectivity index (χ0n) is 18.9. The number of hydrogen-bond donors (Lipinski definition) is 0. The highest BCUT2D eigenvalue weighted by molar-refractivity contribution is 6.41. The van der Waals surface area contributed by atoms with E-state index in [4.69, 9.17) is 9.15 Å². The lowest BCUT2D eigenvalue weighted by atomic mass is 10.0. The maximum atomic E-state index is 13.0. The SMILES string of the molecule is Cc1ccc(C2=NN(C(=O)COC(=O)C(=O)c3c(C)nn(C)c3C)C(c3ccco3)C2)cc1. The van der Waals surface area contributed by atoms with Crippen molar-refractivity contribution in [1.82, 2.24) is 14.8 Å². The predicted molar refractivity (Wildman–Crippen MR) is 119 cm³/mol. The van der Waals surface area contributed by atoms with Gasteiger partial charge in [-0.2, -0.15) is 10.2 Å². The van der Waals surface area contributed by atoms with Crippen molar-refractivity contribution in [2.24, 2.45) is 12.1 Å². The molecular formula is C24H24N4O5. The third-order valence-electron chi connectivity index (χ3n) is 5.67. The molecular weight excluding hydrogens is 424 g/mol. The van der Waals surface area contributed by atoms with E-state index in [1.54, 1.807) is 33.0 Å². The number of ketones is 1. The van der Waals surface area contributed by atoms with Gasteiger partial charge in [0, 0.05) is 19.2 Å². The molecule has 1 aromatic carbocycles. The van der Waals surface area contributed by atoms with Crippen LogP contribution >= 0.6 is 0 Å². The molecule has 1 unspecified atom stereocenters. The van der Waals surface area contributed by atoms with Crippen LogP contribution in [0.2, 0.25) is 0 Å². The van der Waals surface area contributed by atoms with Crippen LogP contribution in [-0.4, -0.2) is 44.8 Å². The van der Waals surface area contributed by atoms with Gasteiger partial charge in [0.25, 0.3) is 11.7 Å². The van der Waals surface area contributed by atoms with Crippen LogP contribution in [0.5, 0.6) is 0 Å². The van der Waals surface area contributed by atoms with Crippen molar-refractivity contribution < 1.29 is 23.5 Å². The second-order valence-corrected chi connectivity index (χ2v) is 7.96. The minimum Gasteiger partial charge on any atom is -0.467 e. The van der Waals surface area contributed by atoms with Crippen LogP contribution in [0.4, 0.5) is 0 Å². The largest absolute Gasteiger partial charge is 0.467 e. The zero-order valence-corrected chi connectivity index (χ0v) is 18.9. The standard InChI is InChI=1S/C24H24N4O5/c1-14-7-9-17(10-8-14)18-12-19(20-6-5-11-32-20)28(26-18)21(29)13-33-24(31)23(30)22-15(2)25-27(4)16(22)3/h5-11,19H,12-13H2,1-4H3. The van der Waals surface area contributed by atoms with Crippen molar-refractivity contribution in [3.05, 3.63) is 76.5 Å². The van der Waals surface area contributed by atoms with Gasteiger partial charge in [-0.1, -0.05) is 29.8 Å². The Bertz CT molecular complexity index is 1240. The average molecular weight is 448 g/mol. The Hall–Kier alpha value is -4.01. The lowest BCUT2D eigenvalue weighted by Gasteiger charge is -2.19. The molecule has 0 fully saturated rings. The van der Waals surface area contributed by atoms with Crippen molar-refractivity contribution in [2.45, 2.75) is 33.2 Å². The summed E-state index contributed by atoms with van der Waals surface area (Å²) in [4.78, 5) is 37.9. The van der Waals surface area contributed by atoms with Crippen LogP contribution in [0, 0.1) is 20.8 Å². The molecule has 0 aliphatic carbocycles. The first-order valence-corrected chi connectivity index (χ1v) is 10.5. The van der Waals surface area contributed by atoms with Crippen LogP contribution in [0.25, 0.3) is 0 Å². The molecule has 0 saturated heterocycles. The lowest BCUT2D eigenvalue weighted by Crippen LogP contribution is -2.32. The zero-order chi connectivity index (χ0) is 23.7. The molecule has 2 aromatic heterocycles. The summed E-state index contributed by atoms with van der Waals surface area (Å²) >= 11 is 0. The van der Waals surface area contributed by atoms with E-state index in [9.17, 15) is 14.4 Å². The molecule has 9 nitrogen and oxygen atoms in total. The number of amides is 1. The van der Waals surface area contributed by atoms with E-state index >= 15 is 0 Å². The smallest absolute Gasteiger partial charge is 0.380 e. The number of carbonyl (C=O) groups is 3. The van der Waals surface area contributed by atoms with Crippen molar-refractivity contribution in [3.8, 4) is 0 Å². The first kappa shape index (κ1) is 22.2. The molecule has 33 heavy (non-hydrogen) atoms. The van der Waals surface area contributed by atoms with Gasteiger partial charge < -0.3 is 9.15 Å². The van der Waals surface area contributed by atoms with Crippen molar-refractivity contribution in [1.29, 1.82) is 0 Å². The molecule has 0 saturated carbocycles. The molecule has 0 radical (unpaired) electrons. The van der Waals surface area contributed by atoms with Crippen molar-refractivity contribution in [3.63, 3.8) is 0 Å². The lowest BCUT2D eigenvalue weighted by molar-refractivity contribution is -0.149. The van der Waals surface area contributed by atoms with E-state index in [-0.39, 0.29) is 5.56 Å². The Morgan fingerprint density at radius 3 is 2.45 bits per heavy atom. The summed E-state index contributed by atoms with van der Waals surface area (Å²) in [5, 5.41) is 9.88. The maximum Gasteiger partial charge on any atom is 0.380 e. The van der Waals surface area contributed by atoms with Gasteiger partial charge in [0.2, 0.25) is 0 Å². The molecule has 9 heteroatoms. The molecule has 0 bridgehead atoms. The monoisotopic (exact) mass is 448 g/mol. The van der Waals surface area contributed by atoms with Gasteiger partial charge in [-0.05, 0) is 38.5 Å². The molecule has 1 aliphatic heterocycles. The number of hydrazone groups is 1. The summed E-state index contributed by atoms with van der Waals surface area (Å²) in [5.74, 6) is -1.93. The number of aryl methyl sites for hydroxylation is 3. The molecule has 170 valence electrons. The van der Waals surface area contributed by atoms with E-state index in [0.717, 1.165) is 11.1 Å². The van der Waals surface area contributed by atoms with E-state index in [2.05, 4.69) is 10.2 Å². The number of Topliss-reactive ketones (excluding diaryl/α,β-unsaturated/α-hetero) is 1. The summed E-state index contributed by atoms with van der Waals surface area (Å²) < 4.78 is 12.1. The minimum atomic E-state index is -1.11. The first-order valence-electron chi connectivity index (χ1n) is 10.5. The van der Waals surface area contributed by atoms with Crippen LogP contribution in [-0.2, 0) is 21.4 Å². The van der Waals surface area contributed by atoms with Crippen LogP contribution in [0.3, 0.4) is 0 Å². The molecule has 4 rings (SSSR count). The van der Waals surface area contributed by atoms with E-state index in [0.29, 0.717) is 29.3 Å². The second-order valence-electron chi connectivity index (χ2n) is 7.96. The predicted octanol–water partition coefficient (Wildman–Crippen LogP) is 3.04. The first-order chi connectivity index (χ1) is 15.8. The Morgan fingerprint density at radius 2 is 1.85 bits per heavy atom. The number of aromatic nitrogens is 2. The van der Waals surface area contributed by atoms with Crippen LogP contribution in [0.15, 0.2) is 52.2 Å². The van der Waals surface area contributed by atoms with Crippen LogP contribution in [0.1, 0.15) is 51.1 Å². The number of carbonyl (C=O) groups excluding carboxylic acids is 3. The Balaban J connectivity index is 1.50. The quantitative estimate of drug-likeness (QED) is 0.326. The normalized spacial score (nSPS) is 15.5. The third-order valence-corrected chi connectivity index (χ3v) is 5.67. The fourth-order valence-electron chi connectivity index (χ4n) is 3.83. The summed E-state index contributed by atoms with van der Waals surface area (Å²) in [6, 6.07) is 10.9. The number of rotatable bonds is 6. The molecule has 1 aliphatic rings. The highest BCUT2D eigenvalue weighted by Gasteiger charge is 2.36. The number of benzene rings is 1. The number of ether oxygens (including phenoxy) is 1. The third kappa shape index (κ3) is 4.34. The Labute approximate surface area is 190 Å². The summed E-state index contributed by atoms with van der Waals surface area (Å²) in [7, 11) is 1.68. The molecule has 0 spiro atoms. The van der Waals surface area contributed by atoms with Gasteiger partial charge in [0.1, 0.15) is 11.8 Å².